The van der Waals surface area contributed by atoms with Gasteiger partial charge >= 0.3 is 0 Å². The molecule has 0 bridgehead atoms. The van der Waals surface area contributed by atoms with Crippen molar-refractivity contribution in [1.29, 1.82) is 0 Å². The highest BCUT2D eigenvalue weighted by Gasteiger charge is 2.21. The van der Waals surface area contributed by atoms with Crippen molar-refractivity contribution in [2.24, 2.45) is 0 Å². The van der Waals surface area contributed by atoms with Crippen LogP contribution in [0.5, 0.6) is 0 Å². The SMILES string of the molecule is CNC(=O)c1c(NS(C)(=O)=O)oc2ccccc12. The van der Waals surface area contributed by atoms with Crippen LogP contribution in [0.25, 0.3) is 11.0 Å². The first-order valence-corrected chi connectivity index (χ1v) is 7.03. The van der Waals surface area contributed by atoms with Crippen LogP contribution in [-0.4, -0.2) is 27.6 Å². The minimum atomic E-state index is -3.51. The highest BCUT2D eigenvalue weighted by Crippen LogP contribution is 2.30. The molecular formula is C11H12N2O4S. The number of fused-ring (bicyclic) bond motifs is 1. The Morgan fingerprint density at radius 3 is 2.56 bits per heavy atom. The van der Waals surface area contributed by atoms with Crippen LogP contribution in [0.4, 0.5) is 5.88 Å². The van der Waals surface area contributed by atoms with Crippen LogP contribution in [0.2, 0.25) is 0 Å². The second-order valence-corrected chi connectivity index (χ2v) is 5.50. The monoisotopic (exact) mass is 268 g/mol. The molecule has 1 aromatic heterocycles. The Balaban J connectivity index is 2.68. The van der Waals surface area contributed by atoms with Gasteiger partial charge in [-0.2, -0.15) is 0 Å². The van der Waals surface area contributed by atoms with E-state index in [0.717, 1.165) is 6.26 Å². The summed E-state index contributed by atoms with van der Waals surface area (Å²) in [5.41, 5.74) is 0.626. The summed E-state index contributed by atoms with van der Waals surface area (Å²) in [6.07, 6.45) is 0.994. The number of para-hydroxylation sites is 1. The smallest absolute Gasteiger partial charge is 0.257 e. The third-order valence-corrected chi connectivity index (χ3v) is 2.88. The van der Waals surface area contributed by atoms with Gasteiger partial charge in [0.1, 0.15) is 11.1 Å². The third-order valence-electron chi connectivity index (χ3n) is 2.33. The van der Waals surface area contributed by atoms with Crippen LogP contribution in [0.3, 0.4) is 0 Å². The van der Waals surface area contributed by atoms with E-state index >= 15 is 0 Å². The number of rotatable bonds is 3. The average molecular weight is 268 g/mol. The second kappa shape index (κ2) is 4.34. The van der Waals surface area contributed by atoms with Gasteiger partial charge in [-0.3, -0.25) is 9.52 Å². The van der Waals surface area contributed by atoms with Gasteiger partial charge in [0.2, 0.25) is 15.9 Å². The summed E-state index contributed by atoms with van der Waals surface area (Å²) in [6.45, 7) is 0. The lowest BCUT2D eigenvalue weighted by Crippen LogP contribution is -2.20. The topological polar surface area (TPSA) is 88.4 Å². The second-order valence-electron chi connectivity index (χ2n) is 3.76. The zero-order valence-corrected chi connectivity index (χ0v) is 10.7. The maximum atomic E-state index is 11.8. The molecule has 96 valence electrons. The number of carbonyl (C=O) groups is 1. The molecule has 1 amide bonds. The molecule has 0 saturated carbocycles. The molecule has 6 nitrogen and oxygen atoms in total. The molecule has 0 atom stereocenters. The number of anilines is 1. The van der Waals surface area contributed by atoms with Gasteiger partial charge in [0.05, 0.1) is 6.26 Å². The number of hydrogen-bond acceptors (Lipinski definition) is 4. The Morgan fingerprint density at radius 1 is 1.28 bits per heavy atom. The predicted molar refractivity (Wildman–Crippen MR) is 68.1 cm³/mol. The lowest BCUT2D eigenvalue weighted by atomic mass is 10.1. The van der Waals surface area contributed by atoms with Gasteiger partial charge in [-0.25, -0.2) is 8.42 Å². The molecule has 2 rings (SSSR count). The van der Waals surface area contributed by atoms with Crippen LogP contribution in [0.1, 0.15) is 10.4 Å². The molecule has 0 unspecified atom stereocenters. The molecule has 1 aromatic carbocycles. The molecule has 18 heavy (non-hydrogen) atoms. The third kappa shape index (κ3) is 2.30. The van der Waals surface area contributed by atoms with E-state index in [1.165, 1.54) is 7.05 Å². The molecule has 0 spiro atoms. The standard InChI is InChI=1S/C11H12N2O4S/c1-12-10(14)9-7-5-3-4-6-8(7)17-11(9)13-18(2,15)16/h3-6,13H,1-2H3,(H,12,14). The van der Waals surface area contributed by atoms with Gasteiger partial charge in [0, 0.05) is 12.4 Å². The number of carbonyl (C=O) groups excluding carboxylic acids is 1. The maximum absolute atomic E-state index is 11.8. The van der Waals surface area contributed by atoms with E-state index in [-0.39, 0.29) is 11.4 Å². The summed E-state index contributed by atoms with van der Waals surface area (Å²) in [5, 5.41) is 3.01. The largest absolute Gasteiger partial charge is 0.439 e. The maximum Gasteiger partial charge on any atom is 0.257 e. The van der Waals surface area contributed by atoms with Crippen molar-refractivity contribution < 1.29 is 17.6 Å². The van der Waals surface area contributed by atoms with Crippen LogP contribution < -0.4 is 10.0 Å². The van der Waals surface area contributed by atoms with Gasteiger partial charge in [-0.05, 0) is 6.07 Å². The lowest BCUT2D eigenvalue weighted by molar-refractivity contribution is 0.0965. The van der Waals surface area contributed by atoms with Gasteiger partial charge in [-0.1, -0.05) is 18.2 Å². The molecular weight excluding hydrogens is 256 g/mol. The predicted octanol–water partition coefficient (Wildman–Crippen LogP) is 1.16. The van der Waals surface area contributed by atoms with Crippen LogP contribution in [0, 0.1) is 0 Å². The van der Waals surface area contributed by atoms with Crippen molar-refractivity contribution in [2.75, 3.05) is 18.0 Å². The Morgan fingerprint density at radius 2 is 1.94 bits per heavy atom. The fraction of sp³-hybridized carbons (Fsp3) is 0.182. The van der Waals surface area contributed by atoms with E-state index in [0.29, 0.717) is 11.0 Å². The molecule has 0 fully saturated rings. The zero-order chi connectivity index (χ0) is 13.3. The van der Waals surface area contributed by atoms with Crippen molar-refractivity contribution in [1.82, 2.24) is 5.32 Å². The summed E-state index contributed by atoms with van der Waals surface area (Å²) < 4.78 is 30.0. The van der Waals surface area contributed by atoms with Crippen molar-refractivity contribution in [2.45, 2.75) is 0 Å². The molecule has 0 aliphatic rings. The van der Waals surface area contributed by atoms with E-state index in [1.807, 2.05) is 0 Å². The molecule has 0 radical (unpaired) electrons. The summed E-state index contributed by atoms with van der Waals surface area (Å²) in [6, 6.07) is 6.84. The number of sulfonamides is 1. The van der Waals surface area contributed by atoms with E-state index < -0.39 is 15.9 Å². The highest BCUT2D eigenvalue weighted by molar-refractivity contribution is 7.92. The Bertz CT molecular complexity index is 703. The quantitative estimate of drug-likeness (QED) is 0.874. The Kier molecular flexibility index (Phi) is 3.00. The van der Waals surface area contributed by atoms with Crippen LogP contribution in [0.15, 0.2) is 28.7 Å². The molecule has 2 aromatic rings. The van der Waals surface area contributed by atoms with Gasteiger partial charge in [-0.15, -0.1) is 0 Å². The molecule has 7 heteroatoms. The van der Waals surface area contributed by atoms with Gasteiger partial charge in [0.15, 0.2) is 0 Å². The van der Waals surface area contributed by atoms with E-state index in [1.54, 1.807) is 24.3 Å². The average Bonchev–Trinajstić information content (AvgIpc) is 2.63. The van der Waals surface area contributed by atoms with Crippen LogP contribution >= 0.6 is 0 Å². The normalized spacial score (nSPS) is 11.4. The van der Waals surface area contributed by atoms with Gasteiger partial charge in [0.25, 0.3) is 5.91 Å². The first-order valence-electron chi connectivity index (χ1n) is 5.14. The lowest BCUT2D eigenvalue weighted by Gasteiger charge is -2.02. The number of amides is 1. The fourth-order valence-corrected chi connectivity index (χ4v) is 2.12. The number of nitrogens with one attached hydrogen (secondary N) is 2. The summed E-state index contributed by atoms with van der Waals surface area (Å²) in [5.74, 6) is -0.482. The molecule has 1 heterocycles. The highest BCUT2D eigenvalue weighted by atomic mass is 32.2. The van der Waals surface area contributed by atoms with Gasteiger partial charge < -0.3 is 9.73 Å². The molecule has 0 saturated heterocycles. The minimum absolute atomic E-state index is 0.0712. The fourth-order valence-electron chi connectivity index (χ4n) is 1.64. The van der Waals surface area contributed by atoms with Crippen LogP contribution in [-0.2, 0) is 10.0 Å². The molecule has 2 N–H and O–H groups in total. The summed E-state index contributed by atoms with van der Waals surface area (Å²) >= 11 is 0. The number of hydrogen-bond donors (Lipinski definition) is 2. The number of furan rings is 1. The Hall–Kier alpha value is -2.02. The number of benzene rings is 1. The van der Waals surface area contributed by atoms with E-state index in [4.69, 9.17) is 4.42 Å². The summed E-state index contributed by atoms with van der Waals surface area (Å²) in [7, 11) is -2.05. The van der Waals surface area contributed by atoms with E-state index in [9.17, 15) is 13.2 Å². The molecule has 0 aliphatic heterocycles. The Labute approximate surface area is 104 Å². The summed E-state index contributed by atoms with van der Waals surface area (Å²) in [4.78, 5) is 11.8. The van der Waals surface area contributed by atoms with Crippen molar-refractivity contribution in [3.63, 3.8) is 0 Å². The minimum Gasteiger partial charge on any atom is -0.439 e. The first kappa shape index (κ1) is 12.4. The molecule has 0 aliphatic carbocycles. The first-order chi connectivity index (χ1) is 8.42. The van der Waals surface area contributed by atoms with E-state index in [2.05, 4.69) is 10.0 Å². The van der Waals surface area contributed by atoms with Crippen molar-refractivity contribution >= 4 is 32.8 Å². The van der Waals surface area contributed by atoms with Crippen molar-refractivity contribution in [3.8, 4) is 0 Å². The zero-order valence-electron chi connectivity index (χ0n) is 9.85. The van der Waals surface area contributed by atoms with Crippen molar-refractivity contribution in [3.05, 3.63) is 29.8 Å².